The second kappa shape index (κ2) is 2.98. The first-order valence-electron chi connectivity index (χ1n) is 3.42. The Hall–Kier alpha value is -1.29. The van der Waals surface area contributed by atoms with Gasteiger partial charge < -0.3 is 15.3 Å². The Kier molecular flexibility index (Phi) is 2.19. The van der Waals surface area contributed by atoms with Crippen LogP contribution in [0.2, 0.25) is 0 Å². The van der Waals surface area contributed by atoms with Gasteiger partial charge in [0.15, 0.2) is 11.5 Å². The predicted molar refractivity (Wildman–Crippen MR) is 40.4 cm³/mol. The number of benzene rings is 1. The maximum Gasteiger partial charge on any atom is 0.206 e. The van der Waals surface area contributed by atoms with Crippen molar-refractivity contribution in [3.05, 3.63) is 23.5 Å². The first-order chi connectivity index (χ1) is 5.54. The van der Waals surface area contributed by atoms with E-state index < -0.39 is 23.4 Å². The van der Waals surface area contributed by atoms with Gasteiger partial charge in [-0.3, -0.25) is 0 Å². The maximum absolute atomic E-state index is 12.7. The lowest BCUT2D eigenvalue weighted by Gasteiger charge is -2.08. The highest BCUT2D eigenvalue weighted by Crippen LogP contribution is 2.31. The molecule has 1 aromatic carbocycles. The number of phenolic OH excluding ortho intramolecular Hbond substituents is 2. The third-order valence-corrected chi connectivity index (χ3v) is 1.58. The van der Waals surface area contributed by atoms with Crippen LogP contribution in [0.1, 0.15) is 18.6 Å². The van der Waals surface area contributed by atoms with E-state index in [1.165, 1.54) is 13.0 Å². The molecule has 0 radical (unpaired) electrons. The summed E-state index contributed by atoms with van der Waals surface area (Å²) in [6.45, 7) is 1.39. The molecule has 1 atom stereocenters. The standard InChI is InChI=1S/C8H9FO3/c1-4(10)5-2-3-6(11)7(9)8(5)12/h2-4,10-12H,1H3. The van der Waals surface area contributed by atoms with Gasteiger partial charge in [0.25, 0.3) is 0 Å². The zero-order valence-corrected chi connectivity index (χ0v) is 6.45. The summed E-state index contributed by atoms with van der Waals surface area (Å²) >= 11 is 0. The van der Waals surface area contributed by atoms with E-state index >= 15 is 0 Å². The van der Waals surface area contributed by atoms with E-state index in [9.17, 15) is 4.39 Å². The van der Waals surface area contributed by atoms with Crippen molar-refractivity contribution in [3.63, 3.8) is 0 Å². The largest absolute Gasteiger partial charge is 0.505 e. The van der Waals surface area contributed by atoms with Crippen LogP contribution < -0.4 is 0 Å². The van der Waals surface area contributed by atoms with Crippen LogP contribution in [0.3, 0.4) is 0 Å². The Morgan fingerprint density at radius 2 is 1.92 bits per heavy atom. The number of hydrogen-bond acceptors (Lipinski definition) is 3. The van der Waals surface area contributed by atoms with Crippen LogP contribution in [0.5, 0.6) is 11.5 Å². The fraction of sp³-hybridized carbons (Fsp3) is 0.250. The fourth-order valence-electron chi connectivity index (χ4n) is 0.906. The van der Waals surface area contributed by atoms with Gasteiger partial charge in [0.05, 0.1) is 6.10 Å². The van der Waals surface area contributed by atoms with Crippen LogP contribution in [0.25, 0.3) is 0 Å². The first kappa shape index (κ1) is 8.80. The smallest absolute Gasteiger partial charge is 0.206 e. The number of phenols is 2. The van der Waals surface area contributed by atoms with Gasteiger partial charge in [-0.15, -0.1) is 0 Å². The molecule has 0 bridgehead atoms. The molecule has 12 heavy (non-hydrogen) atoms. The molecule has 0 saturated heterocycles. The lowest BCUT2D eigenvalue weighted by atomic mass is 10.1. The lowest BCUT2D eigenvalue weighted by Crippen LogP contribution is -1.93. The predicted octanol–water partition coefficient (Wildman–Crippen LogP) is 1.29. The molecular formula is C8H9FO3. The van der Waals surface area contributed by atoms with Crippen molar-refractivity contribution in [2.45, 2.75) is 13.0 Å². The molecule has 0 aliphatic carbocycles. The number of aliphatic hydroxyl groups is 1. The topological polar surface area (TPSA) is 60.7 Å². The van der Waals surface area contributed by atoms with Crippen molar-refractivity contribution in [2.24, 2.45) is 0 Å². The van der Waals surface area contributed by atoms with E-state index in [1.807, 2.05) is 0 Å². The third kappa shape index (κ3) is 1.33. The van der Waals surface area contributed by atoms with E-state index in [4.69, 9.17) is 15.3 Å². The molecule has 0 spiro atoms. The molecule has 3 nitrogen and oxygen atoms in total. The van der Waals surface area contributed by atoms with Crippen molar-refractivity contribution in [1.82, 2.24) is 0 Å². The zero-order chi connectivity index (χ0) is 9.30. The van der Waals surface area contributed by atoms with Crippen molar-refractivity contribution in [2.75, 3.05) is 0 Å². The highest BCUT2D eigenvalue weighted by atomic mass is 19.1. The van der Waals surface area contributed by atoms with E-state index in [2.05, 4.69) is 0 Å². The first-order valence-corrected chi connectivity index (χ1v) is 3.42. The van der Waals surface area contributed by atoms with Gasteiger partial charge in [-0.25, -0.2) is 0 Å². The number of halogens is 1. The summed E-state index contributed by atoms with van der Waals surface area (Å²) in [5.74, 6) is -2.43. The van der Waals surface area contributed by atoms with Crippen molar-refractivity contribution in [1.29, 1.82) is 0 Å². The Labute approximate surface area is 68.7 Å². The van der Waals surface area contributed by atoms with Gasteiger partial charge in [0.2, 0.25) is 5.82 Å². The quantitative estimate of drug-likeness (QED) is 0.598. The minimum absolute atomic E-state index is 0.0605. The average molecular weight is 172 g/mol. The third-order valence-electron chi connectivity index (χ3n) is 1.58. The van der Waals surface area contributed by atoms with Gasteiger partial charge in [-0.05, 0) is 19.1 Å². The van der Waals surface area contributed by atoms with Crippen molar-refractivity contribution < 1.29 is 19.7 Å². The summed E-state index contributed by atoms with van der Waals surface area (Å²) in [6, 6.07) is 2.34. The Bertz CT molecular complexity index is 297. The normalized spacial score (nSPS) is 12.9. The summed E-state index contributed by atoms with van der Waals surface area (Å²) in [6.07, 6.45) is -0.958. The van der Waals surface area contributed by atoms with Crippen LogP contribution >= 0.6 is 0 Å². The number of aliphatic hydroxyl groups excluding tert-OH is 1. The van der Waals surface area contributed by atoms with E-state index in [1.54, 1.807) is 0 Å². The Morgan fingerprint density at radius 1 is 1.33 bits per heavy atom. The maximum atomic E-state index is 12.7. The van der Waals surface area contributed by atoms with Crippen LogP contribution in [-0.4, -0.2) is 15.3 Å². The SMILES string of the molecule is CC(O)c1ccc(O)c(F)c1O. The van der Waals surface area contributed by atoms with Gasteiger partial charge >= 0.3 is 0 Å². The Balaban J connectivity index is 3.27. The van der Waals surface area contributed by atoms with Crippen LogP contribution in [0, 0.1) is 5.82 Å². The Morgan fingerprint density at radius 3 is 2.42 bits per heavy atom. The highest BCUT2D eigenvalue weighted by Gasteiger charge is 2.14. The minimum Gasteiger partial charge on any atom is -0.505 e. The summed E-state index contributed by atoms with van der Waals surface area (Å²) in [4.78, 5) is 0. The molecule has 66 valence electrons. The van der Waals surface area contributed by atoms with E-state index in [-0.39, 0.29) is 5.56 Å². The average Bonchev–Trinajstić information content (AvgIpc) is 2.00. The van der Waals surface area contributed by atoms with Gasteiger partial charge in [-0.2, -0.15) is 4.39 Å². The second-order valence-electron chi connectivity index (χ2n) is 2.51. The molecule has 1 aromatic rings. The molecule has 0 aliphatic rings. The fourth-order valence-corrected chi connectivity index (χ4v) is 0.906. The van der Waals surface area contributed by atoms with Crippen LogP contribution in [-0.2, 0) is 0 Å². The van der Waals surface area contributed by atoms with Gasteiger partial charge in [0.1, 0.15) is 0 Å². The molecule has 1 unspecified atom stereocenters. The van der Waals surface area contributed by atoms with E-state index in [0.29, 0.717) is 0 Å². The van der Waals surface area contributed by atoms with Crippen LogP contribution in [0.15, 0.2) is 12.1 Å². The molecule has 1 rings (SSSR count). The van der Waals surface area contributed by atoms with Crippen molar-refractivity contribution >= 4 is 0 Å². The van der Waals surface area contributed by atoms with Gasteiger partial charge in [-0.1, -0.05) is 0 Å². The zero-order valence-electron chi connectivity index (χ0n) is 6.45. The summed E-state index contributed by atoms with van der Waals surface area (Å²) in [5.41, 5.74) is 0.0605. The minimum atomic E-state index is -1.10. The molecule has 0 heterocycles. The molecule has 3 N–H and O–H groups in total. The summed E-state index contributed by atoms with van der Waals surface area (Å²) in [7, 11) is 0. The van der Waals surface area contributed by atoms with Crippen molar-refractivity contribution in [3.8, 4) is 11.5 Å². The second-order valence-corrected chi connectivity index (χ2v) is 2.51. The molecule has 0 aliphatic heterocycles. The number of rotatable bonds is 1. The summed E-state index contributed by atoms with van der Waals surface area (Å²) in [5, 5.41) is 26.9. The molecule has 4 heteroatoms. The molecule has 0 fully saturated rings. The summed E-state index contributed by atoms with van der Waals surface area (Å²) < 4.78 is 12.7. The lowest BCUT2D eigenvalue weighted by molar-refractivity contribution is 0.193. The highest BCUT2D eigenvalue weighted by molar-refractivity contribution is 5.41. The van der Waals surface area contributed by atoms with E-state index in [0.717, 1.165) is 6.07 Å². The van der Waals surface area contributed by atoms with Crippen LogP contribution in [0.4, 0.5) is 4.39 Å². The van der Waals surface area contributed by atoms with Gasteiger partial charge in [0, 0.05) is 5.56 Å². The monoisotopic (exact) mass is 172 g/mol. The molecular weight excluding hydrogens is 163 g/mol. The molecule has 0 amide bonds. The number of aromatic hydroxyl groups is 2. The molecule has 0 aromatic heterocycles. The molecule has 0 saturated carbocycles. The number of hydrogen-bond donors (Lipinski definition) is 3.